The van der Waals surface area contributed by atoms with E-state index in [1.165, 1.54) is 0 Å². The molecule has 0 amide bonds. The quantitative estimate of drug-likeness (QED) is 0.589. The predicted molar refractivity (Wildman–Crippen MR) is 59.8 cm³/mol. The zero-order valence-electron chi connectivity index (χ0n) is 9.25. The summed E-state index contributed by atoms with van der Waals surface area (Å²) in [7, 11) is 3.42. The van der Waals surface area contributed by atoms with Crippen LogP contribution >= 0.6 is 0 Å². The highest BCUT2D eigenvalue weighted by Crippen LogP contribution is 2.05. The second-order valence-electron chi connectivity index (χ2n) is 3.27. The van der Waals surface area contributed by atoms with Crippen LogP contribution in [-0.2, 0) is 6.54 Å². The number of rotatable bonds is 5. The Morgan fingerprint density at radius 1 is 1.75 bits per heavy atom. The standard InChI is InChI=1S/C10H14N4O2/c1-11-10(8-14(15)16)13(2)7-9-4-3-5-12-6-9/h3-6,8,11H,7H2,1-2H3/b10-8+. The Kier molecular flexibility index (Phi) is 4.26. The van der Waals surface area contributed by atoms with Gasteiger partial charge in [-0.25, -0.2) is 0 Å². The van der Waals surface area contributed by atoms with E-state index in [0.717, 1.165) is 11.8 Å². The first-order valence-corrected chi connectivity index (χ1v) is 4.76. The van der Waals surface area contributed by atoms with E-state index in [0.29, 0.717) is 12.4 Å². The van der Waals surface area contributed by atoms with Gasteiger partial charge in [-0.15, -0.1) is 0 Å². The molecule has 0 aliphatic carbocycles. The Bertz CT molecular complexity index is 378. The Labute approximate surface area is 93.7 Å². The molecule has 1 aromatic rings. The monoisotopic (exact) mass is 222 g/mol. The van der Waals surface area contributed by atoms with Crippen molar-refractivity contribution in [3.63, 3.8) is 0 Å². The van der Waals surface area contributed by atoms with Gasteiger partial charge in [0.2, 0.25) is 0 Å². The molecule has 1 aromatic heterocycles. The van der Waals surface area contributed by atoms with Gasteiger partial charge in [-0.3, -0.25) is 15.1 Å². The van der Waals surface area contributed by atoms with Gasteiger partial charge in [-0.05, 0) is 11.6 Å². The highest BCUT2D eigenvalue weighted by atomic mass is 16.6. The Morgan fingerprint density at radius 3 is 3.00 bits per heavy atom. The van der Waals surface area contributed by atoms with E-state index in [-0.39, 0.29) is 0 Å². The first kappa shape index (κ1) is 12.0. The number of hydrogen-bond donors (Lipinski definition) is 1. The summed E-state index contributed by atoms with van der Waals surface area (Å²) < 4.78 is 0. The fourth-order valence-corrected chi connectivity index (χ4v) is 1.30. The number of nitrogens with one attached hydrogen (secondary N) is 1. The van der Waals surface area contributed by atoms with E-state index >= 15 is 0 Å². The zero-order valence-corrected chi connectivity index (χ0v) is 9.25. The summed E-state index contributed by atoms with van der Waals surface area (Å²) in [6.45, 7) is 0.564. The maximum atomic E-state index is 10.4. The fourth-order valence-electron chi connectivity index (χ4n) is 1.30. The zero-order chi connectivity index (χ0) is 12.0. The van der Waals surface area contributed by atoms with Crippen LogP contribution in [0.4, 0.5) is 0 Å². The highest BCUT2D eigenvalue weighted by molar-refractivity contribution is 5.09. The lowest BCUT2D eigenvalue weighted by molar-refractivity contribution is -0.404. The second kappa shape index (κ2) is 5.69. The molecule has 0 fully saturated rings. The molecule has 0 saturated carbocycles. The van der Waals surface area contributed by atoms with E-state index in [2.05, 4.69) is 10.3 Å². The first-order chi connectivity index (χ1) is 7.63. The molecule has 6 nitrogen and oxygen atoms in total. The topological polar surface area (TPSA) is 71.3 Å². The molecule has 0 bridgehead atoms. The van der Waals surface area contributed by atoms with E-state index in [1.54, 1.807) is 31.4 Å². The molecule has 1 rings (SSSR count). The van der Waals surface area contributed by atoms with Gasteiger partial charge in [-0.2, -0.15) is 0 Å². The van der Waals surface area contributed by atoms with Crippen LogP contribution in [0.2, 0.25) is 0 Å². The summed E-state index contributed by atoms with van der Waals surface area (Å²) in [5.74, 6) is 0.453. The van der Waals surface area contributed by atoms with E-state index in [4.69, 9.17) is 0 Å². The second-order valence-corrected chi connectivity index (χ2v) is 3.27. The van der Waals surface area contributed by atoms with E-state index < -0.39 is 4.92 Å². The van der Waals surface area contributed by atoms with Crippen molar-refractivity contribution in [2.75, 3.05) is 14.1 Å². The van der Waals surface area contributed by atoms with Crippen LogP contribution < -0.4 is 5.32 Å². The smallest absolute Gasteiger partial charge is 0.274 e. The lowest BCUT2D eigenvalue weighted by Gasteiger charge is -2.19. The molecule has 6 heteroatoms. The van der Waals surface area contributed by atoms with Crippen LogP contribution in [0.15, 0.2) is 36.5 Å². The largest absolute Gasteiger partial charge is 0.370 e. The van der Waals surface area contributed by atoms with Crippen molar-refractivity contribution in [1.82, 2.24) is 15.2 Å². The first-order valence-electron chi connectivity index (χ1n) is 4.76. The third-order valence-electron chi connectivity index (χ3n) is 2.04. The van der Waals surface area contributed by atoms with E-state index in [9.17, 15) is 10.1 Å². The Hall–Kier alpha value is -2.11. The van der Waals surface area contributed by atoms with Crippen molar-refractivity contribution >= 4 is 0 Å². The van der Waals surface area contributed by atoms with Crippen LogP contribution in [0.5, 0.6) is 0 Å². The molecule has 0 atom stereocenters. The van der Waals surface area contributed by atoms with Crippen LogP contribution in [0.1, 0.15) is 5.56 Å². The number of nitrogens with zero attached hydrogens (tertiary/aromatic N) is 3. The van der Waals surface area contributed by atoms with Gasteiger partial charge < -0.3 is 10.2 Å². The van der Waals surface area contributed by atoms with Gasteiger partial charge in [-0.1, -0.05) is 6.07 Å². The van der Waals surface area contributed by atoms with E-state index in [1.807, 2.05) is 12.1 Å². The number of aromatic nitrogens is 1. The van der Waals surface area contributed by atoms with Crippen molar-refractivity contribution in [1.29, 1.82) is 0 Å². The number of nitro groups is 1. The predicted octanol–water partition coefficient (Wildman–Crippen LogP) is 0.808. The molecule has 1 heterocycles. The maximum absolute atomic E-state index is 10.4. The van der Waals surface area contributed by atoms with Gasteiger partial charge in [0, 0.05) is 33.0 Å². The van der Waals surface area contributed by atoms with Gasteiger partial charge in [0.1, 0.15) is 0 Å². The third kappa shape index (κ3) is 3.56. The van der Waals surface area contributed by atoms with Crippen molar-refractivity contribution in [2.24, 2.45) is 0 Å². The van der Waals surface area contributed by atoms with Gasteiger partial charge in [0.15, 0.2) is 5.82 Å². The molecular weight excluding hydrogens is 208 g/mol. The van der Waals surface area contributed by atoms with Crippen LogP contribution in [0.3, 0.4) is 0 Å². The summed E-state index contributed by atoms with van der Waals surface area (Å²) in [6, 6.07) is 3.75. The average molecular weight is 222 g/mol. The molecule has 0 aromatic carbocycles. The molecule has 1 N–H and O–H groups in total. The van der Waals surface area contributed by atoms with Crippen molar-refractivity contribution < 1.29 is 4.92 Å². The number of pyridine rings is 1. The maximum Gasteiger partial charge on any atom is 0.274 e. The summed E-state index contributed by atoms with van der Waals surface area (Å²) in [6.07, 6.45) is 4.36. The van der Waals surface area contributed by atoms with Crippen LogP contribution in [-0.4, -0.2) is 28.9 Å². The van der Waals surface area contributed by atoms with Crippen LogP contribution in [0, 0.1) is 10.1 Å². The SMILES string of the molecule is CN/C(=C\[N+](=O)[O-])N(C)Cc1cccnc1. The van der Waals surface area contributed by atoms with Crippen molar-refractivity contribution in [2.45, 2.75) is 6.54 Å². The highest BCUT2D eigenvalue weighted by Gasteiger charge is 2.07. The molecule has 0 saturated heterocycles. The summed E-state index contributed by atoms with van der Waals surface area (Å²) >= 11 is 0. The number of hydrogen-bond acceptors (Lipinski definition) is 5. The summed E-state index contributed by atoms with van der Waals surface area (Å²) in [5, 5.41) is 13.2. The Balaban J connectivity index is 2.70. The van der Waals surface area contributed by atoms with Crippen LogP contribution in [0.25, 0.3) is 0 Å². The Morgan fingerprint density at radius 2 is 2.50 bits per heavy atom. The molecule has 86 valence electrons. The molecule has 0 radical (unpaired) electrons. The molecule has 16 heavy (non-hydrogen) atoms. The van der Waals surface area contributed by atoms with Gasteiger partial charge in [0.25, 0.3) is 6.20 Å². The van der Waals surface area contributed by atoms with Gasteiger partial charge in [0.05, 0.1) is 4.92 Å². The lowest BCUT2D eigenvalue weighted by Crippen LogP contribution is -2.26. The minimum absolute atomic E-state index is 0.453. The molecule has 0 spiro atoms. The molecule has 0 aliphatic rings. The summed E-state index contributed by atoms with van der Waals surface area (Å²) in [5.41, 5.74) is 0.995. The lowest BCUT2D eigenvalue weighted by atomic mass is 10.3. The van der Waals surface area contributed by atoms with Crippen molar-refractivity contribution in [3.05, 3.63) is 52.2 Å². The normalized spacial score (nSPS) is 11.0. The van der Waals surface area contributed by atoms with Crippen molar-refractivity contribution in [3.8, 4) is 0 Å². The fraction of sp³-hybridized carbons (Fsp3) is 0.300. The molecular formula is C10H14N4O2. The molecule has 0 unspecified atom stereocenters. The molecule has 0 aliphatic heterocycles. The average Bonchev–Trinajstić information content (AvgIpc) is 2.26. The minimum atomic E-state index is -0.481. The summed E-state index contributed by atoms with van der Waals surface area (Å²) in [4.78, 5) is 15.6. The third-order valence-corrected chi connectivity index (χ3v) is 2.04. The van der Waals surface area contributed by atoms with Gasteiger partial charge >= 0.3 is 0 Å². The minimum Gasteiger partial charge on any atom is -0.370 e.